The molecular weight excluding hydrogens is 276 g/mol. The fourth-order valence-corrected chi connectivity index (χ4v) is 3.70. The molecule has 2 fully saturated rings. The van der Waals surface area contributed by atoms with Crippen LogP contribution in [0.1, 0.15) is 55.6 Å². The molecule has 2 aliphatic carbocycles. The number of hydrogen-bond acceptors (Lipinski definition) is 2. The third kappa shape index (κ3) is 2.08. The van der Waals surface area contributed by atoms with Gasteiger partial charge < -0.3 is 9.84 Å². The molecule has 1 aromatic rings. The number of methoxy groups -OCH3 is 1. The van der Waals surface area contributed by atoms with Gasteiger partial charge in [0.1, 0.15) is 5.75 Å². The van der Waals surface area contributed by atoms with Crippen molar-refractivity contribution in [2.45, 2.75) is 49.9 Å². The first-order valence-corrected chi connectivity index (χ1v) is 7.57. The van der Waals surface area contributed by atoms with Crippen LogP contribution in [0.3, 0.4) is 0 Å². The average Bonchev–Trinajstić information content (AvgIpc) is 3.06. The summed E-state index contributed by atoms with van der Waals surface area (Å²) in [4.78, 5) is 11.5. The van der Waals surface area contributed by atoms with Crippen molar-refractivity contribution in [1.82, 2.24) is 0 Å². The SMILES string of the molecule is COc1c(Cl)cc(C2(C(=O)O)CC2)cc1C1CCCC1. The number of carboxylic acids is 1. The summed E-state index contributed by atoms with van der Waals surface area (Å²) in [6, 6.07) is 3.81. The van der Waals surface area contributed by atoms with Gasteiger partial charge in [0.05, 0.1) is 17.5 Å². The molecule has 0 radical (unpaired) electrons. The van der Waals surface area contributed by atoms with E-state index < -0.39 is 11.4 Å². The second-order valence-electron chi connectivity index (χ2n) is 5.95. The molecule has 0 bridgehead atoms. The van der Waals surface area contributed by atoms with E-state index in [4.69, 9.17) is 16.3 Å². The summed E-state index contributed by atoms with van der Waals surface area (Å²) in [5.74, 6) is 0.437. The molecule has 2 aliphatic rings. The van der Waals surface area contributed by atoms with Crippen molar-refractivity contribution in [3.63, 3.8) is 0 Å². The molecule has 0 aromatic heterocycles. The normalized spacial score (nSPS) is 20.9. The molecule has 3 rings (SSSR count). The lowest BCUT2D eigenvalue weighted by Gasteiger charge is -2.20. The summed E-state index contributed by atoms with van der Waals surface area (Å²) in [5, 5.41) is 10.00. The van der Waals surface area contributed by atoms with Gasteiger partial charge in [0.15, 0.2) is 0 Å². The van der Waals surface area contributed by atoms with E-state index in [2.05, 4.69) is 0 Å². The van der Waals surface area contributed by atoms with E-state index in [9.17, 15) is 9.90 Å². The van der Waals surface area contributed by atoms with E-state index in [1.165, 1.54) is 12.8 Å². The Kier molecular flexibility index (Phi) is 3.41. The standard InChI is InChI=1S/C16H19ClO3/c1-20-14-12(10-4-2-3-5-10)8-11(9-13(14)17)16(6-7-16)15(18)19/h8-10H,2-7H2,1H3,(H,18,19). The molecule has 0 spiro atoms. The van der Waals surface area contributed by atoms with Crippen molar-refractivity contribution in [3.8, 4) is 5.75 Å². The van der Waals surface area contributed by atoms with Crippen LogP contribution in [0.4, 0.5) is 0 Å². The molecule has 0 saturated heterocycles. The first kappa shape index (κ1) is 13.7. The van der Waals surface area contributed by atoms with Crippen molar-refractivity contribution in [3.05, 3.63) is 28.3 Å². The molecule has 108 valence electrons. The highest BCUT2D eigenvalue weighted by atomic mass is 35.5. The van der Waals surface area contributed by atoms with Crippen molar-refractivity contribution < 1.29 is 14.6 Å². The van der Waals surface area contributed by atoms with Gasteiger partial charge in [-0.2, -0.15) is 0 Å². The minimum atomic E-state index is -0.740. The predicted molar refractivity (Wildman–Crippen MR) is 77.8 cm³/mol. The van der Waals surface area contributed by atoms with Gasteiger partial charge in [-0.05, 0) is 48.8 Å². The van der Waals surface area contributed by atoms with E-state index in [0.29, 0.717) is 23.8 Å². The molecule has 1 aromatic carbocycles. The van der Waals surface area contributed by atoms with Crippen LogP contribution in [0.2, 0.25) is 5.02 Å². The average molecular weight is 295 g/mol. The molecule has 0 aliphatic heterocycles. The van der Waals surface area contributed by atoms with Crippen LogP contribution in [0.25, 0.3) is 0 Å². The Morgan fingerprint density at radius 3 is 2.50 bits per heavy atom. The highest BCUT2D eigenvalue weighted by Gasteiger charge is 2.52. The Labute approximate surface area is 123 Å². The van der Waals surface area contributed by atoms with Crippen LogP contribution in [-0.2, 0) is 10.2 Å². The molecule has 3 nitrogen and oxygen atoms in total. The van der Waals surface area contributed by atoms with Crippen molar-refractivity contribution in [2.24, 2.45) is 0 Å². The van der Waals surface area contributed by atoms with E-state index in [-0.39, 0.29) is 0 Å². The van der Waals surface area contributed by atoms with Gasteiger partial charge in [0.25, 0.3) is 0 Å². The number of ether oxygens (including phenoxy) is 1. The molecule has 4 heteroatoms. The van der Waals surface area contributed by atoms with Gasteiger partial charge in [-0.1, -0.05) is 30.5 Å². The number of carboxylic acid groups (broad SMARTS) is 1. The minimum Gasteiger partial charge on any atom is -0.495 e. The zero-order valence-corrected chi connectivity index (χ0v) is 12.4. The topological polar surface area (TPSA) is 46.5 Å². The van der Waals surface area contributed by atoms with E-state index >= 15 is 0 Å². The summed E-state index contributed by atoms with van der Waals surface area (Å²) in [5.41, 5.74) is 1.24. The third-order valence-electron chi connectivity index (χ3n) is 4.78. The second kappa shape index (κ2) is 4.96. The fourth-order valence-electron chi connectivity index (χ4n) is 3.40. The van der Waals surface area contributed by atoms with Crippen LogP contribution in [0, 0.1) is 0 Å². The zero-order chi connectivity index (χ0) is 14.3. The molecule has 20 heavy (non-hydrogen) atoms. The monoisotopic (exact) mass is 294 g/mol. The molecule has 2 saturated carbocycles. The smallest absolute Gasteiger partial charge is 0.314 e. The predicted octanol–water partition coefficient (Wildman–Crippen LogP) is 4.12. The number of aliphatic carboxylic acids is 1. The number of halogens is 1. The summed E-state index contributed by atoms with van der Waals surface area (Å²) in [6.07, 6.45) is 6.12. The molecule has 0 amide bonds. The van der Waals surface area contributed by atoms with Crippen LogP contribution < -0.4 is 4.74 Å². The number of hydrogen-bond donors (Lipinski definition) is 1. The molecule has 1 N–H and O–H groups in total. The maximum Gasteiger partial charge on any atom is 0.314 e. The first-order valence-electron chi connectivity index (χ1n) is 7.20. The lowest BCUT2D eigenvalue weighted by molar-refractivity contribution is -0.140. The van der Waals surface area contributed by atoms with Crippen molar-refractivity contribution in [2.75, 3.05) is 7.11 Å². The van der Waals surface area contributed by atoms with Gasteiger partial charge >= 0.3 is 5.97 Å². The first-order chi connectivity index (χ1) is 9.58. The third-order valence-corrected chi connectivity index (χ3v) is 5.06. The van der Waals surface area contributed by atoms with Gasteiger partial charge in [0, 0.05) is 0 Å². The van der Waals surface area contributed by atoms with Crippen molar-refractivity contribution in [1.29, 1.82) is 0 Å². The van der Waals surface area contributed by atoms with E-state index in [0.717, 1.165) is 29.7 Å². The summed E-state index contributed by atoms with van der Waals surface area (Å²) in [7, 11) is 1.63. The molecule has 0 atom stereocenters. The van der Waals surface area contributed by atoms with E-state index in [1.54, 1.807) is 13.2 Å². The number of rotatable bonds is 4. The lowest BCUT2D eigenvalue weighted by atomic mass is 9.89. The Morgan fingerprint density at radius 2 is 2.00 bits per heavy atom. The van der Waals surface area contributed by atoms with Gasteiger partial charge in [-0.3, -0.25) is 4.79 Å². The number of benzene rings is 1. The largest absolute Gasteiger partial charge is 0.495 e. The lowest BCUT2D eigenvalue weighted by Crippen LogP contribution is -2.20. The summed E-state index contributed by atoms with van der Waals surface area (Å²) >= 11 is 6.33. The summed E-state index contributed by atoms with van der Waals surface area (Å²) < 4.78 is 5.46. The Hall–Kier alpha value is -1.22. The molecular formula is C16H19ClO3. The quantitative estimate of drug-likeness (QED) is 0.908. The Morgan fingerprint density at radius 1 is 1.35 bits per heavy atom. The van der Waals surface area contributed by atoms with Gasteiger partial charge in [0.2, 0.25) is 0 Å². The van der Waals surface area contributed by atoms with Gasteiger partial charge in [-0.15, -0.1) is 0 Å². The summed E-state index contributed by atoms with van der Waals surface area (Å²) in [6.45, 7) is 0. The van der Waals surface area contributed by atoms with E-state index in [1.807, 2.05) is 6.07 Å². The van der Waals surface area contributed by atoms with Crippen molar-refractivity contribution >= 4 is 17.6 Å². The number of carbonyl (C=O) groups is 1. The fraction of sp³-hybridized carbons (Fsp3) is 0.562. The maximum atomic E-state index is 11.5. The van der Waals surface area contributed by atoms with Crippen LogP contribution >= 0.6 is 11.6 Å². The Balaban J connectivity index is 2.07. The highest BCUT2D eigenvalue weighted by Crippen LogP contribution is 2.52. The molecule has 0 heterocycles. The highest BCUT2D eigenvalue weighted by molar-refractivity contribution is 6.32. The zero-order valence-electron chi connectivity index (χ0n) is 11.6. The second-order valence-corrected chi connectivity index (χ2v) is 6.36. The Bertz CT molecular complexity index is 543. The van der Waals surface area contributed by atoms with Crippen LogP contribution in [-0.4, -0.2) is 18.2 Å². The van der Waals surface area contributed by atoms with Crippen LogP contribution in [0.15, 0.2) is 12.1 Å². The molecule has 0 unspecified atom stereocenters. The van der Waals surface area contributed by atoms with Crippen LogP contribution in [0.5, 0.6) is 5.75 Å². The maximum absolute atomic E-state index is 11.5. The minimum absolute atomic E-state index is 0.451. The van der Waals surface area contributed by atoms with Gasteiger partial charge in [-0.25, -0.2) is 0 Å².